The van der Waals surface area contributed by atoms with Crippen LogP contribution in [0.2, 0.25) is 10.0 Å². The van der Waals surface area contributed by atoms with Crippen molar-refractivity contribution in [2.24, 2.45) is 0 Å². The lowest BCUT2D eigenvalue weighted by Gasteiger charge is -2.14. The summed E-state index contributed by atoms with van der Waals surface area (Å²) >= 11 is 11.8. The minimum Gasteiger partial charge on any atom is -0.326 e. The zero-order valence-electron chi connectivity index (χ0n) is 14.0. The van der Waals surface area contributed by atoms with Crippen LogP contribution in [0.1, 0.15) is 48.1 Å². The Bertz CT molecular complexity index is 799. The molecule has 5 nitrogen and oxygen atoms in total. The molecule has 2 aromatic rings. The minimum absolute atomic E-state index is 0.0243. The average Bonchev–Trinajstić information content (AvgIpc) is 2.78. The first-order valence-electron chi connectivity index (χ1n) is 7.52. The molecule has 0 saturated carbocycles. The molecule has 2 rings (SSSR count). The first-order valence-corrected chi connectivity index (χ1v) is 8.27. The van der Waals surface area contributed by atoms with Crippen molar-refractivity contribution in [2.45, 2.75) is 40.2 Å². The summed E-state index contributed by atoms with van der Waals surface area (Å²) in [5, 5.41) is 7.99. The number of halogens is 2. The standard InChI is InChI=1S/C17H19Cl2N3O2/c1-9(22-11(3)17(12(4)23)10(2)21-22)7-16(24)20-13-5-6-14(18)15(19)8-13/h5-6,8-9H,7H2,1-4H3,(H,20,24)/t9-/m1/s1. The molecule has 0 spiro atoms. The number of Topliss-reactive ketones (excluding diaryl/α,β-unsaturated/α-hetero) is 1. The molecule has 0 radical (unpaired) electrons. The van der Waals surface area contributed by atoms with Crippen LogP contribution in [0.3, 0.4) is 0 Å². The molecular weight excluding hydrogens is 349 g/mol. The van der Waals surface area contributed by atoms with Gasteiger partial charge in [-0.2, -0.15) is 5.10 Å². The molecule has 0 fully saturated rings. The summed E-state index contributed by atoms with van der Waals surface area (Å²) in [5.41, 5.74) is 2.65. The van der Waals surface area contributed by atoms with Crippen LogP contribution in [0.25, 0.3) is 0 Å². The minimum atomic E-state index is -0.181. The molecule has 24 heavy (non-hydrogen) atoms. The number of hydrogen-bond donors (Lipinski definition) is 1. The Kier molecular flexibility index (Phi) is 5.67. The highest BCUT2D eigenvalue weighted by Gasteiger charge is 2.20. The molecular formula is C17H19Cl2N3O2. The van der Waals surface area contributed by atoms with E-state index in [1.165, 1.54) is 6.92 Å². The molecule has 0 aliphatic carbocycles. The smallest absolute Gasteiger partial charge is 0.226 e. The van der Waals surface area contributed by atoms with E-state index in [1.807, 2.05) is 13.8 Å². The van der Waals surface area contributed by atoms with Crippen LogP contribution in [-0.2, 0) is 4.79 Å². The van der Waals surface area contributed by atoms with Crippen LogP contribution in [0, 0.1) is 13.8 Å². The van der Waals surface area contributed by atoms with E-state index in [0.717, 1.165) is 5.69 Å². The Morgan fingerprint density at radius 1 is 1.25 bits per heavy atom. The number of nitrogens with zero attached hydrogens (tertiary/aromatic N) is 2. The van der Waals surface area contributed by atoms with E-state index >= 15 is 0 Å². The first-order chi connectivity index (χ1) is 11.2. The summed E-state index contributed by atoms with van der Waals surface area (Å²) in [5.74, 6) is -0.193. The van der Waals surface area contributed by atoms with E-state index in [9.17, 15) is 9.59 Å². The maximum absolute atomic E-state index is 12.2. The number of aromatic nitrogens is 2. The second kappa shape index (κ2) is 7.36. The number of benzene rings is 1. The van der Waals surface area contributed by atoms with Gasteiger partial charge in [-0.15, -0.1) is 0 Å². The van der Waals surface area contributed by atoms with E-state index in [2.05, 4.69) is 10.4 Å². The van der Waals surface area contributed by atoms with Gasteiger partial charge in [0, 0.05) is 17.8 Å². The molecule has 1 heterocycles. The molecule has 0 bridgehead atoms. The fraction of sp³-hybridized carbons (Fsp3) is 0.353. The topological polar surface area (TPSA) is 64.0 Å². The zero-order chi connectivity index (χ0) is 18.0. The number of carbonyl (C=O) groups excluding carboxylic acids is 2. The Morgan fingerprint density at radius 2 is 1.92 bits per heavy atom. The molecule has 128 valence electrons. The summed E-state index contributed by atoms with van der Waals surface area (Å²) in [6, 6.07) is 4.74. The van der Waals surface area contributed by atoms with Crippen LogP contribution >= 0.6 is 23.2 Å². The van der Waals surface area contributed by atoms with Crippen molar-refractivity contribution in [2.75, 3.05) is 5.32 Å². The molecule has 1 atom stereocenters. The second-order valence-corrected chi connectivity index (χ2v) is 6.59. The van der Waals surface area contributed by atoms with Gasteiger partial charge in [-0.25, -0.2) is 0 Å². The van der Waals surface area contributed by atoms with Gasteiger partial charge >= 0.3 is 0 Å². The van der Waals surface area contributed by atoms with Crippen LogP contribution < -0.4 is 5.32 Å². The van der Waals surface area contributed by atoms with Crippen molar-refractivity contribution in [1.29, 1.82) is 0 Å². The number of ketones is 1. The quantitative estimate of drug-likeness (QED) is 0.785. The summed E-state index contributed by atoms with van der Waals surface area (Å²) < 4.78 is 1.72. The number of hydrogen-bond acceptors (Lipinski definition) is 3. The van der Waals surface area contributed by atoms with Crippen LogP contribution in [0.15, 0.2) is 18.2 Å². The maximum Gasteiger partial charge on any atom is 0.226 e. The Hall–Kier alpha value is -1.85. The van der Waals surface area contributed by atoms with Crippen LogP contribution in [0.4, 0.5) is 5.69 Å². The Labute approximate surface area is 150 Å². The molecule has 1 N–H and O–H groups in total. The third-order valence-electron chi connectivity index (χ3n) is 3.78. The van der Waals surface area contributed by atoms with Gasteiger partial charge in [-0.3, -0.25) is 14.3 Å². The summed E-state index contributed by atoms with van der Waals surface area (Å²) in [6.45, 7) is 7.04. The molecule has 1 aromatic heterocycles. The molecule has 1 aromatic carbocycles. The highest BCUT2D eigenvalue weighted by molar-refractivity contribution is 6.42. The molecule has 7 heteroatoms. The molecule has 0 saturated heterocycles. The van der Waals surface area contributed by atoms with E-state index in [1.54, 1.807) is 29.8 Å². The largest absolute Gasteiger partial charge is 0.326 e. The summed E-state index contributed by atoms with van der Waals surface area (Å²) in [7, 11) is 0. The van der Waals surface area contributed by atoms with Crippen molar-refractivity contribution in [3.8, 4) is 0 Å². The first kappa shape index (κ1) is 18.5. The van der Waals surface area contributed by atoms with Gasteiger partial charge in [0.2, 0.25) is 5.91 Å². The van der Waals surface area contributed by atoms with Crippen molar-refractivity contribution < 1.29 is 9.59 Å². The monoisotopic (exact) mass is 367 g/mol. The van der Waals surface area contributed by atoms with E-state index in [-0.39, 0.29) is 24.2 Å². The fourth-order valence-electron chi connectivity index (χ4n) is 2.74. The predicted molar refractivity (Wildman–Crippen MR) is 96.1 cm³/mol. The molecule has 0 aliphatic rings. The molecule has 0 unspecified atom stereocenters. The van der Waals surface area contributed by atoms with Gasteiger partial charge < -0.3 is 5.32 Å². The van der Waals surface area contributed by atoms with Crippen LogP contribution in [0.5, 0.6) is 0 Å². The van der Waals surface area contributed by atoms with E-state index in [0.29, 0.717) is 27.0 Å². The van der Waals surface area contributed by atoms with Gasteiger partial charge in [0.1, 0.15) is 0 Å². The lowest BCUT2D eigenvalue weighted by Crippen LogP contribution is -2.19. The number of aryl methyl sites for hydroxylation is 1. The SMILES string of the molecule is CC(=O)c1c(C)nn([C@H](C)CC(=O)Nc2ccc(Cl)c(Cl)c2)c1C. The third kappa shape index (κ3) is 3.97. The van der Waals surface area contributed by atoms with Gasteiger partial charge in [0.05, 0.1) is 27.3 Å². The lowest BCUT2D eigenvalue weighted by atomic mass is 10.1. The van der Waals surface area contributed by atoms with Gasteiger partial charge in [-0.05, 0) is 45.9 Å². The van der Waals surface area contributed by atoms with Gasteiger partial charge in [0.25, 0.3) is 0 Å². The normalized spacial score (nSPS) is 12.1. The summed E-state index contributed by atoms with van der Waals surface area (Å²) in [4.78, 5) is 23.9. The Balaban J connectivity index is 2.10. The number of carbonyl (C=O) groups is 2. The van der Waals surface area contributed by atoms with Gasteiger partial charge in [-0.1, -0.05) is 23.2 Å². The van der Waals surface area contributed by atoms with Crippen molar-refractivity contribution in [3.05, 3.63) is 45.2 Å². The lowest BCUT2D eigenvalue weighted by molar-refractivity contribution is -0.116. The van der Waals surface area contributed by atoms with Crippen molar-refractivity contribution >= 4 is 40.6 Å². The predicted octanol–water partition coefficient (Wildman–Crippen LogP) is 4.60. The Morgan fingerprint density at radius 3 is 2.46 bits per heavy atom. The third-order valence-corrected chi connectivity index (χ3v) is 4.52. The molecule has 0 aliphatic heterocycles. The average molecular weight is 368 g/mol. The zero-order valence-corrected chi connectivity index (χ0v) is 15.5. The van der Waals surface area contributed by atoms with Gasteiger partial charge in [0.15, 0.2) is 5.78 Å². The second-order valence-electron chi connectivity index (χ2n) is 5.78. The highest BCUT2D eigenvalue weighted by Crippen LogP contribution is 2.26. The number of anilines is 1. The summed E-state index contributed by atoms with van der Waals surface area (Å²) in [6.07, 6.45) is 0.222. The highest BCUT2D eigenvalue weighted by atomic mass is 35.5. The van der Waals surface area contributed by atoms with E-state index < -0.39 is 0 Å². The van der Waals surface area contributed by atoms with Crippen molar-refractivity contribution in [1.82, 2.24) is 9.78 Å². The fourth-order valence-corrected chi connectivity index (χ4v) is 3.04. The van der Waals surface area contributed by atoms with E-state index in [4.69, 9.17) is 23.2 Å². The number of rotatable bonds is 5. The van der Waals surface area contributed by atoms with Crippen LogP contribution in [-0.4, -0.2) is 21.5 Å². The van der Waals surface area contributed by atoms with Crippen molar-refractivity contribution in [3.63, 3.8) is 0 Å². The molecule has 1 amide bonds. The number of amides is 1. The number of nitrogens with one attached hydrogen (secondary N) is 1. The maximum atomic E-state index is 12.2.